The molecule has 0 saturated heterocycles. The largest absolute Gasteiger partial charge is 0.484 e. The highest BCUT2D eigenvalue weighted by Crippen LogP contribution is 2.20. The third-order valence-corrected chi connectivity index (χ3v) is 3.98. The third-order valence-electron chi connectivity index (χ3n) is 3.98. The SMILES string of the molecule is CN(C(=O)c1ccccc1)c1ccc(OCC(=O)Nc2ccccc2)cc1. The monoisotopic (exact) mass is 360 g/mol. The van der Waals surface area contributed by atoms with E-state index in [2.05, 4.69) is 5.32 Å². The van der Waals surface area contributed by atoms with Crippen molar-refractivity contribution in [2.45, 2.75) is 0 Å². The van der Waals surface area contributed by atoms with Gasteiger partial charge in [-0.3, -0.25) is 9.59 Å². The van der Waals surface area contributed by atoms with Crippen LogP contribution in [0.3, 0.4) is 0 Å². The Labute approximate surface area is 158 Å². The van der Waals surface area contributed by atoms with E-state index in [1.807, 2.05) is 48.5 Å². The summed E-state index contributed by atoms with van der Waals surface area (Å²) in [7, 11) is 1.72. The standard InChI is InChI=1S/C22H20N2O3/c1-24(22(26)17-8-4-2-5-9-17)19-12-14-20(15-13-19)27-16-21(25)23-18-10-6-3-7-11-18/h2-15H,16H2,1H3,(H,23,25). The summed E-state index contributed by atoms with van der Waals surface area (Å²) in [5, 5.41) is 2.76. The van der Waals surface area contributed by atoms with Gasteiger partial charge >= 0.3 is 0 Å². The molecule has 3 rings (SSSR count). The zero-order valence-electron chi connectivity index (χ0n) is 15.0. The first-order valence-corrected chi connectivity index (χ1v) is 8.54. The van der Waals surface area contributed by atoms with Crippen molar-refractivity contribution in [3.05, 3.63) is 90.5 Å². The van der Waals surface area contributed by atoms with Crippen LogP contribution < -0.4 is 15.0 Å². The van der Waals surface area contributed by atoms with E-state index in [-0.39, 0.29) is 18.4 Å². The number of nitrogens with zero attached hydrogens (tertiary/aromatic N) is 1. The summed E-state index contributed by atoms with van der Waals surface area (Å²) in [4.78, 5) is 25.9. The van der Waals surface area contributed by atoms with Gasteiger partial charge in [-0.2, -0.15) is 0 Å². The Hall–Kier alpha value is -3.60. The average molecular weight is 360 g/mol. The summed E-state index contributed by atoms with van der Waals surface area (Å²) in [6.07, 6.45) is 0. The van der Waals surface area contributed by atoms with Gasteiger partial charge in [0.25, 0.3) is 11.8 Å². The van der Waals surface area contributed by atoms with Gasteiger partial charge in [-0.25, -0.2) is 0 Å². The minimum absolute atomic E-state index is 0.0903. The Morgan fingerprint density at radius 1 is 0.852 bits per heavy atom. The fourth-order valence-electron chi connectivity index (χ4n) is 2.53. The molecule has 1 N–H and O–H groups in total. The predicted octanol–water partition coefficient (Wildman–Crippen LogP) is 3.98. The van der Waals surface area contributed by atoms with Crippen molar-refractivity contribution in [2.24, 2.45) is 0 Å². The quantitative estimate of drug-likeness (QED) is 0.723. The van der Waals surface area contributed by atoms with Gasteiger partial charge in [0.15, 0.2) is 6.61 Å². The van der Waals surface area contributed by atoms with Crippen LogP contribution in [0.25, 0.3) is 0 Å². The molecule has 5 heteroatoms. The van der Waals surface area contributed by atoms with Crippen molar-refractivity contribution >= 4 is 23.2 Å². The number of ether oxygens (including phenoxy) is 1. The average Bonchev–Trinajstić information content (AvgIpc) is 2.73. The number of para-hydroxylation sites is 1. The van der Waals surface area contributed by atoms with Crippen molar-refractivity contribution in [1.82, 2.24) is 0 Å². The normalized spacial score (nSPS) is 10.1. The summed E-state index contributed by atoms with van der Waals surface area (Å²) in [6.45, 7) is -0.0903. The van der Waals surface area contributed by atoms with Gasteiger partial charge < -0.3 is 15.0 Å². The Bertz CT molecular complexity index is 894. The maximum Gasteiger partial charge on any atom is 0.262 e. The second-order valence-electron chi connectivity index (χ2n) is 5.93. The topological polar surface area (TPSA) is 58.6 Å². The van der Waals surface area contributed by atoms with Crippen molar-refractivity contribution in [3.8, 4) is 5.75 Å². The number of amides is 2. The molecule has 3 aromatic rings. The highest BCUT2D eigenvalue weighted by atomic mass is 16.5. The smallest absolute Gasteiger partial charge is 0.262 e. The van der Waals surface area contributed by atoms with E-state index in [1.165, 1.54) is 0 Å². The van der Waals surface area contributed by atoms with Gasteiger partial charge in [0.1, 0.15) is 5.75 Å². The summed E-state index contributed by atoms with van der Waals surface area (Å²) in [5.74, 6) is 0.232. The highest BCUT2D eigenvalue weighted by Gasteiger charge is 2.13. The van der Waals surface area contributed by atoms with Crippen LogP contribution in [0.1, 0.15) is 10.4 Å². The van der Waals surface area contributed by atoms with Gasteiger partial charge in [0, 0.05) is 24.0 Å². The molecular weight excluding hydrogens is 340 g/mol. The van der Waals surface area contributed by atoms with Crippen molar-refractivity contribution in [3.63, 3.8) is 0 Å². The van der Waals surface area contributed by atoms with E-state index in [0.717, 1.165) is 11.4 Å². The molecule has 0 bridgehead atoms. The minimum atomic E-state index is -0.235. The molecule has 136 valence electrons. The van der Waals surface area contributed by atoms with E-state index >= 15 is 0 Å². The molecule has 3 aromatic carbocycles. The zero-order chi connectivity index (χ0) is 19.1. The Morgan fingerprint density at radius 3 is 2.07 bits per heavy atom. The molecule has 0 aliphatic rings. The molecule has 0 spiro atoms. The summed E-state index contributed by atoms with van der Waals surface area (Å²) >= 11 is 0. The zero-order valence-corrected chi connectivity index (χ0v) is 15.0. The lowest BCUT2D eigenvalue weighted by atomic mass is 10.2. The molecule has 27 heavy (non-hydrogen) atoms. The van der Waals surface area contributed by atoms with Gasteiger partial charge in [0.2, 0.25) is 0 Å². The number of carbonyl (C=O) groups is 2. The number of anilines is 2. The first-order valence-electron chi connectivity index (χ1n) is 8.54. The van der Waals surface area contributed by atoms with E-state index in [4.69, 9.17) is 4.74 Å². The van der Waals surface area contributed by atoms with Crippen LogP contribution in [0.5, 0.6) is 5.75 Å². The fourth-order valence-corrected chi connectivity index (χ4v) is 2.53. The molecule has 0 aromatic heterocycles. The molecule has 0 saturated carbocycles. The Morgan fingerprint density at radius 2 is 1.44 bits per heavy atom. The highest BCUT2D eigenvalue weighted by molar-refractivity contribution is 6.05. The molecule has 0 radical (unpaired) electrons. The molecule has 0 aliphatic carbocycles. The number of carbonyl (C=O) groups excluding carboxylic acids is 2. The first-order chi connectivity index (χ1) is 13.1. The summed E-state index contributed by atoms with van der Waals surface area (Å²) in [6, 6.07) is 25.3. The van der Waals surface area contributed by atoms with Gasteiger partial charge in [-0.1, -0.05) is 36.4 Å². The molecule has 0 fully saturated rings. The van der Waals surface area contributed by atoms with E-state index in [1.54, 1.807) is 48.3 Å². The van der Waals surface area contributed by atoms with Crippen LogP contribution in [0, 0.1) is 0 Å². The molecule has 0 atom stereocenters. The molecule has 0 aliphatic heterocycles. The third kappa shape index (κ3) is 4.95. The lowest BCUT2D eigenvalue weighted by Gasteiger charge is -2.18. The first kappa shape index (κ1) is 18.2. The maximum atomic E-state index is 12.5. The van der Waals surface area contributed by atoms with Crippen LogP contribution in [0.4, 0.5) is 11.4 Å². The lowest BCUT2D eigenvalue weighted by Crippen LogP contribution is -2.26. The van der Waals surface area contributed by atoms with Crippen LogP contribution >= 0.6 is 0 Å². The van der Waals surface area contributed by atoms with Crippen LogP contribution in [0.15, 0.2) is 84.9 Å². The summed E-state index contributed by atoms with van der Waals surface area (Å²) in [5.41, 5.74) is 2.09. The molecule has 0 heterocycles. The number of nitrogens with one attached hydrogen (secondary N) is 1. The Balaban J connectivity index is 1.55. The molecule has 5 nitrogen and oxygen atoms in total. The fraction of sp³-hybridized carbons (Fsp3) is 0.0909. The number of hydrogen-bond donors (Lipinski definition) is 1. The van der Waals surface area contributed by atoms with E-state index in [0.29, 0.717) is 11.3 Å². The van der Waals surface area contributed by atoms with Crippen LogP contribution in [-0.4, -0.2) is 25.5 Å². The van der Waals surface area contributed by atoms with E-state index in [9.17, 15) is 9.59 Å². The number of rotatable bonds is 6. The van der Waals surface area contributed by atoms with Gasteiger partial charge in [-0.15, -0.1) is 0 Å². The van der Waals surface area contributed by atoms with Crippen molar-refractivity contribution in [2.75, 3.05) is 23.9 Å². The summed E-state index contributed by atoms with van der Waals surface area (Å²) < 4.78 is 5.50. The maximum absolute atomic E-state index is 12.5. The van der Waals surface area contributed by atoms with Gasteiger partial charge in [-0.05, 0) is 48.5 Å². The number of benzene rings is 3. The van der Waals surface area contributed by atoms with Gasteiger partial charge in [0.05, 0.1) is 0 Å². The van der Waals surface area contributed by atoms with Crippen molar-refractivity contribution in [1.29, 1.82) is 0 Å². The Kier molecular flexibility index (Phi) is 5.84. The predicted molar refractivity (Wildman–Crippen MR) is 106 cm³/mol. The van der Waals surface area contributed by atoms with E-state index < -0.39 is 0 Å². The molecule has 0 unspecified atom stereocenters. The second-order valence-corrected chi connectivity index (χ2v) is 5.93. The number of hydrogen-bond acceptors (Lipinski definition) is 3. The van der Waals surface area contributed by atoms with Crippen LogP contribution in [-0.2, 0) is 4.79 Å². The van der Waals surface area contributed by atoms with Crippen molar-refractivity contribution < 1.29 is 14.3 Å². The van der Waals surface area contributed by atoms with Crippen LogP contribution in [0.2, 0.25) is 0 Å². The molecular formula is C22H20N2O3. The lowest BCUT2D eigenvalue weighted by molar-refractivity contribution is -0.118. The second kappa shape index (κ2) is 8.67. The molecule has 2 amide bonds. The minimum Gasteiger partial charge on any atom is -0.484 e.